The van der Waals surface area contributed by atoms with Crippen LogP contribution in [0.15, 0.2) is 60.9 Å². The Bertz CT molecular complexity index is 1270. The number of likely N-dealkylation sites (tertiary alicyclic amines) is 1. The van der Waals surface area contributed by atoms with Gasteiger partial charge in [0.25, 0.3) is 5.91 Å². The first-order chi connectivity index (χ1) is 16.9. The van der Waals surface area contributed by atoms with Crippen molar-refractivity contribution in [1.29, 1.82) is 0 Å². The molecule has 1 aromatic heterocycles. The van der Waals surface area contributed by atoms with E-state index in [4.69, 9.17) is 14.2 Å². The molecule has 0 aliphatic carbocycles. The third-order valence-corrected chi connectivity index (χ3v) is 6.21. The van der Waals surface area contributed by atoms with Crippen LogP contribution in [-0.4, -0.2) is 48.7 Å². The standard InChI is InChI=1S/C27H26N2O6/c1-16-12-19(33-2)8-9-20(16)25(30)23-24(18-7-10-21(34-3)22(13-18)35-4)29(27(32)26(23)31)15-17-6-5-11-28-14-17/h5-14,23-24H,15H2,1-4H3. The molecule has 2 unspecified atom stereocenters. The lowest BCUT2D eigenvalue weighted by Gasteiger charge is -2.28. The Morgan fingerprint density at radius 3 is 2.37 bits per heavy atom. The van der Waals surface area contributed by atoms with Gasteiger partial charge in [0.05, 0.1) is 27.4 Å². The van der Waals surface area contributed by atoms with Gasteiger partial charge in [0.15, 0.2) is 17.3 Å². The maximum atomic E-state index is 13.8. The Kier molecular flexibility index (Phi) is 6.82. The molecule has 35 heavy (non-hydrogen) atoms. The van der Waals surface area contributed by atoms with Crippen LogP contribution in [0, 0.1) is 12.8 Å². The van der Waals surface area contributed by atoms with Gasteiger partial charge in [0.1, 0.15) is 11.7 Å². The molecule has 8 nitrogen and oxygen atoms in total. The molecule has 1 aliphatic heterocycles. The zero-order valence-electron chi connectivity index (χ0n) is 20.0. The molecular formula is C27H26N2O6. The number of hydrogen-bond donors (Lipinski definition) is 0. The minimum absolute atomic E-state index is 0.128. The van der Waals surface area contributed by atoms with E-state index in [-0.39, 0.29) is 6.54 Å². The fourth-order valence-corrected chi connectivity index (χ4v) is 4.46. The summed E-state index contributed by atoms with van der Waals surface area (Å²) in [5.74, 6) is -1.56. The summed E-state index contributed by atoms with van der Waals surface area (Å²) in [7, 11) is 4.57. The number of carbonyl (C=O) groups is 3. The fourth-order valence-electron chi connectivity index (χ4n) is 4.46. The first-order valence-electron chi connectivity index (χ1n) is 11.0. The molecule has 4 rings (SSSR count). The summed E-state index contributed by atoms with van der Waals surface area (Å²) >= 11 is 0. The number of benzene rings is 2. The number of amides is 1. The summed E-state index contributed by atoms with van der Waals surface area (Å²) in [6.07, 6.45) is 3.26. The number of ether oxygens (including phenoxy) is 3. The lowest BCUT2D eigenvalue weighted by Crippen LogP contribution is -2.30. The number of carbonyl (C=O) groups excluding carboxylic acids is 3. The molecule has 1 amide bonds. The number of nitrogens with zero attached hydrogens (tertiary/aromatic N) is 2. The molecule has 1 saturated heterocycles. The van der Waals surface area contributed by atoms with Crippen molar-refractivity contribution in [2.45, 2.75) is 19.5 Å². The molecule has 0 radical (unpaired) electrons. The molecule has 1 fully saturated rings. The van der Waals surface area contributed by atoms with E-state index in [1.807, 2.05) is 6.07 Å². The first-order valence-corrected chi connectivity index (χ1v) is 11.0. The molecule has 0 bridgehead atoms. The second-order valence-corrected chi connectivity index (χ2v) is 8.24. The number of ketones is 2. The number of hydrogen-bond acceptors (Lipinski definition) is 7. The van der Waals surface area contributed by atoms with E-state index in [9.17, 15) is 14.4 Å². The van der Waals surface area contributed by atoms with Crippen LogP contribution in [0.3, 0.4) is 0 Å². The maximum absolute atomic E-state index is 13.8. The highest BCUT2D eigenvalue weighted by Gasteiger charge is 2.52. The highest BCUT2D eigenvalue weighted by molar-refractivity contribution is 6.44. The molecule has 180 valence electrons. The van der Waals surface area contributed by atoms with Crippen molar-refractivity contribution in [1.82, 2.24) is 9.88 Å². The summed E-state index contributed by atoms with van der Waals surface area (Å²) in [4.78, 5) is 45.9. The van der Waals surface area contributed by atoms with Crippen molar-refractivity contribution in [3.63, 3.8) is 0 Å². The highest BCUT2D eigenvalue weighted by atomic mass is 16.5. The van der Waals surface area contributed by atoms with Gasteiger partial charge in [-0.1, -0.05) is 12.1 Å². The van der Waals surface area contributed by atoms with Crippen molar-refractivity contribution >= 4 is 17.5 Å². The number of methoxy groups -OCH3 is 3. The van der Waals surface area contributed by atoms with E-state index >= 15 is 0 Å². The maximum Gasteiger partial charge on any atom is 0.291 e. The first kappa shape index (κ1) is 23.9. The SMILES string of the molecule is COc1ccc(C(=O)C2C(=O)C(=O)N(Cc3cccnc3)C2c2ccc(OC)c(OC)c2)c(C)c1. The van der Waals surface area contributed by atoms with Crippen LogP contribution in [-0.2, 0) is 16.1 Å². The summed E-state index contributed by atoms with van der Waals surface area (Å²) in [5, 5.41) is 0. The molecule has 8 heteroatoms. The van der Waals surface area contributed by atoms with E-state index in [0.717, 1.165) is 5.56 Å². The Labute approximate surface area is 203 Å². The number of pyridine rings is 1. The second kappa shape index (κ2) is 9.97. The minimum Gasteiger partial charge on any atom is -0.497 e. The van der Waals surface area contributed by atoms with Crippen molar-refractivity contribution in [3.8, 4) is 17.2 Å². The van der Waals surface area contributed by atoms with Crippen molar-refractivity contribution in [2.24, 2.45) is 5.92 Å². The quantitative estimate of drug-likeness (QED) is 0.280. The van der Waals surface area contributed by atoms with Crippen LogP contribution in [0.2, 0.25) is 0 Å². The molecule has 2 atom stereocenters. The summed E-state index contributed by atoms with van der Waals surface area (Å²) in [5.41, 5.74) is 2.36. The molecule has 1 aliphatic rings. The topological polar surface area (TPSA) is 95.0 Å². The predicted molar refractivity (Wildman–Crippen MR) is 128 cm³/mol. The third kappa shape index (κ3) is 4.47. The van der Waals surface area contributed by atoms with E-state index in [2.05, 4.69) is 4.98 Å². The van der Waals surface area contributed by atoms with Crippen LogP contribution in [0.25, 0.3) is 0 Å². The average Bonchev–Trinajstić information content (AvgIpc) is 3.13. The van der Waals surface area contributed by atoms with Gasteiger partial charge in [-0.05, 0) is 60.0 Å². The van der Waals surface area contributed by atoms with Crippen LogP contribution in [0.4, 0.5) is 0 Å². The van der Waals surface area contributed by atoms with Gasteiger partial charge in [-0.25, -0.2) is 0 Å². The third-order valence-electron chi connectivity index (χ3n) is 6.21. The zero-order valence-corrected chi connectivity index (χ0v) is 20.0. The van der Waals surface area contributed by atoms with Crippen molar-refractivity contribution in [3.05, 3.63) is 83.2 Å². The second-order valence-electron chi connectivity index (χ2n) is 8.24. The van der Waals surface area contributed by atoms with Crippen LogP contribution in [0.5, 0.6) is 17.2 Å². The van der Waals surface area contributed by atoms with Crippen molar-refractivity contribution in [2.75, 3.05) is 21.3 Å². The lowest BCUT2D eigenvalue weighted by atomic mass is 9.85. The van der Waals surface area contributed by atoms with E-state index in [0.29, 0.717) is 33.9 Å². The predicted octanol–water partition coefficient (Wildman–Crippen LogP) is 3.57. The summed E-state index contributed by atoms with van der Waals surface area (Å²) in [6, 6.07) is 12.9. The zero-order chi connectivity index (χ0) is 25.1. The van der Waals surface area contributed by atoms with Gasteiger partial charge in [0.2, 0.25) is 5.78 Å². The normalized spacial score (nSPS) is 17.4. The lowest BCUT2D eigenvalue weighted by molar-refractivity contribution is -0.141. The average molecular weight is 475 g/mol. The van der Waals surface area contributed by atoms with E-state index in [1.54, 1.807) is 68.9 Å². The molecular weight excluding hydrogens is 448 g/mol. The van der Waals surface area contributed by atoms with Gasteiger partial charge in [0, 0.05) is 24.5 Å². The molecule has 0 N–H and O–H groups in total. The summed E-state index contributed by atoms with van der Waals surface area (Å²) < 4.78 is 16.0. The Balaban J connectivity index is 1.83. The Morgan fingerprint density at radius 2 is 1.74 bits per heavy atom. The van der Waals surface area contributed by atoms with Crippen LogP contribution >= 0.6 is 0 Å². The molecule has 2 aromatic carbocycles. The van der Waals surface area contributed by atoms with Crippen LogP contribution < -0.4 is 14.2 Å². The molecule has 3 aromatic rings. The van der Waals surface area contributed by atoms with Gasteiger partial charge in [-0.15, -0.1) is 0 Å². The molecule has 0 spiro atoms. The smallest absolute Gasteiger partial charge is 0.291 e. The number of rotatable bonds is 8. The monoisotopic (exact) mass is 474 g/mol. The number of Topliss-reactive ketones (excluding diaryl/α,β-unsaturated/α-hetero) is 2. The van der Waals surface area contributed by atoms with Crippen LogP contribution in [0.1, 0.15) is 33.1 Å². The largest absolute Gasteiger partial charge is 0.497 e. The Hall–Kier alpha value is -4.20. The van der Waals surface area contributed by atoms with Gasteiger partial charge in [-0.3, -0.25) is 19.4 Å². The highest BCUT2D eigenvalue weighted by Crippen LogP contribution is 2.42. The molecule has 0 saturated carbocycles. The van der Waals surface area contributed by atoms with E-state index < -0.39 is 29.4 Å². The summed E-state index contributed by atoms with van der Waals surface area (Å²) in [6.45, 7) is 1.90. The fraction of sp³-hybridized carbons (Fsp3) is 0.259. The van der Waals surface area contributed by atoms with Gasteiger partial charge < -0.3 is 19.1 Å². The molecule has 2 heterocycles. The van der Waals surface area contributed by atoms with Gasteiger partial charge >= 0.3 is 0 Å². The number of aromatic nitrogens is 1. The Morgan fingerprint density at radius 1 is 0.971 bits per heavy atom. The van der Waals surface area contributed by atoms with E-state index in [1.165, 1.54) is 19.1 Å². The number of aryl methyl sites for hydroxylation is 1. The van der Waals surface area contributed by atoms with Gasteiger partial charge in [-0.2, -0.15) is 0 Å². The minimum atomic E-state index is -1.22. The van der Waals surface area contributed by atoms with Crippen molar-refractivity contribution < 1.29 is 28.6 Å².